The molecule has 0 aromatic carbocycles. The van der Waals surface area contributed by atoms with E-state index in [4.69, 9.17) is 16.3 Å². The van der Waals surface area contributed by atoms with Crippen LogP contribution < -0.4 is 0 Å². The summed E-state index contributed by atoms with van der Waals surface area (Å²) in [5, 5.41) is 0.353. The van der Waals surface area contributed by atoms with Crippen LogP contribution in [0.25, 0.3) is 0 Å². The summed E-state index contributed by atoms with van der Waals surface area (Å²) in [5.74, 6) is -0.0352. The van der Waals surface area contributed by atoms with Crippen molar-refractivity contribution in [2.24, 2.45) is 0 Å². The highest BCUT2D eigenvalue weighted by molar-refractivity contribution is 6.29. The van der Waals surface area contributed by atoms with Gasteiger partial charge in [-0.05, 0) is 26.0 Å². The van der Waals surface area contributed by atoms with Gasteiger partial charge < -0.3 is 9.64 Å². The van der Waals surface area contributed by atoms with E-state index >= 15 is 0 Å². The van der Waals surface area contributed by atoms with Crippen molar-refractivity contribution in [2.75, 3.05) is 26.3 Å². The SMILES string of the molecule is CCOCCN(CC)C(=O)c1cc(Cl)nc(C(C)(C)C)c1. The van der Waals surface area contributed by atoms with Crippen LogP contribution in [-0.2, 0) is 10.2 Å². The summed E-state index contributed by atoms with van der Waals surface area (Å²) in [4.78, 5) is 18.7. The van der Waals surface area contributed by atoms with E-state index in [0.29, 0.717) is 37.0 Å². The van der Waals surface area contributed by atoms with Gasteiger partial charge in [-0.2, -0.15) is 0 Å². The lowest BCUT2D eigenvalue weighted by atomic mass is 9.91. The van der Waals surface area contributed by atoms with Crippen molar-refractivity contribution in [2.45, 2.75) is 40.0 Å². The van der Waals surface area contributed by atoms with Gasteiger partial charge in [0.25, 0.3) is 5.91 Å². The third-order valence-corrected chi connectivity index (χ3v) is 3.38. The number of likely N-dealkylation sites (N-methyl/N-ethyl adjacent to an activating group) is 1. The molecule has 0 aliphatic heterocycles. The van der Waals surface area contributed by atoms with Crippen molar-refractivity contribution in [3.05, 3.63) is 28.5 Å². The number of hydrogen-bond acceptors (Lipinski definition) is 3. The van der Waals surface area contributed by atoms with Gasteiger partial charge in [0, 0.05) is 36.4 Å². The van der Waals surface area contributed by atoms with Crippen LogP contribution >= 0.6 is 11.6 Å². The van der Waals surface area contributed by atoms with Gasteiger partial charge >= 0.3 is 0 Å². The van der Waals surface area contributed by atoms with Crippen molar-refractivity contribution in [3.8, 4) is 0 Å². The van der Waals surface area contributed by atoms with E-state index in [1.54, 1.807) is 11.0 Å². The third kappa shape index (κ3) is 5.29. The molecule has 1 aromatic rings. The van der Waals surface area contributed by atoms with E-state index in [-0.39, 0.29) is 11.3 Å². The number of carbonyl (C=O) groups excluding carboxylic acids is 1. The molecule has 0 fully saturated rings. The topological polar surface area (TPSA) is 42.4 Å². The Morgan fingerprint density at radius 3 is 2.52 bits per heavy atom. The summed E-state index contributed by atoms with van der Waals surface area (Å²) in [7, 11) is 0. The van der Waals surface area contributed by atoms with Gasteiger partial charge in [0.1, 0.15) is 5.15 Å². The van der Waals surface area contributed by atoms with E-state index in [1.807, 2.05) is 40.7 Å². The Hall–Kier alpha value is -1.13. The summed E-state index contributed by atoms with van der Waals surface area (Å²) in [6.45, 7) is 12.5. The Labute approximate surface area is 132 Å². The molecule has 0 bridgehead atoms. The maximum Gasteiger partial charge on any atom is 0.254 e. The summed E-state index contributed by atoms with van der Waals surface area (Å²) in [6, 6.07) is 3.46. The molecule has 21 heavy (non-hydrogen) atoms. The highest BCUT2D eigenvalue weighted by Gasteiger charge is 2.21. The van der Waals surface area contributed by atoms with Crippen molar-refractivity contribution < 1.29 is 9.53 Å². The average Bonchev–Trinajstić information content (AvgIpc) is 2.41. The maximum atomic E-state index is 12.6. The van der Waals surface area contributed by atoms with E-state index in [1.165, 1.54) is 0 Å². The molecule has 0 spiro atoms. The molecule has 5 heteroatoms. The van der Waals surface area contributed by atoms with Crippen LogP contribution in [0.5, 0.6) is 0 Å². The molecule has 1 heterocycles. The molecule has 0 unspecified atom stereocenters. The fourth-order valence-electron chi connectivity index (χ4n) is 1.91. The van der Waals surface area contributed by atoms with E-state index in [2.05, 4.69) is 4.98 Å². The summed E-state index contributed by atoms with van der Waals surface area (Å²) < 4.78 is 5.32. The second-order valence-electron chi connectivity index (χ2n) is 5.90. The first-order chi connectivity index (χ1) is 9.79. The molecule has 0 radical (unpaired) electrons. The zero-order valence-electron chi connectivity index (χ0n) is 13.6. The van der Waals surface area contributed by atoms with E-state index in [9.17, 15) is 4.79 Å². The predicted molar refractivity (Wildman–Crippen MR) is 86.0 cm³/mol. The van der Waals surface area contributed by atoms with Gasteiger partial charge in [-0.3, -0.25) is 4.79 Å². The maximum absolute atomic E-state index is 12.6. The minimum absolute atomic E-state index is 0.0352. The molecule has 0 aliphatic rings. The Balaban J connectivity index is 2.97. The molecule has 0 saturated heterocycles. The number of aromatic nitrogens is 1. The van der Waals surface area contributed by atoms with Gasteiger partial charge in [-0.1, -0.05) is 32.4 Å². The van der Waals surface area contributed by atoms with Gasteiger partial charge in [0.2, 0.25) is 0 Å². The fraction of sp³-hybridized carbons (Fsp3) is 0.625. The van der Waals surface area contributed by atoms with Crippen LogP contribution in [0, 0.1) is 0 Å². The smallest absolute Gasteiger partial charge is 0.254 e. The summed E-state index contributed by atoms with van der Waals surface area (Å²) in [5.41, 5.74) is 1.25. The molecule has 0 saturated carbocycles. The Morgan fingerprint density at radius 2 is 2.00 bits per heavy atom. The highest BCUT2D eigenvalue weighted by atomic mass is 35.5. The van der Waals surface area contributed by atoms with E-state index < -0.39 is 0 Å². The fourth-order valence-corrected chi connectivity index (χ4v) is 2.12. The van der Waals surface area contributed by atoms with Crippen LogP contribution in [0.3, 0.4) is 0 Å². The van der Waals surface area contributed by atoms with Crippen LogP contribution in [0.1, 0.15) is 50.7 Å². The molecule has 0 aliphatic carbocycles. The number of halogens is 1. The van der Waals surface area contributed by atoms with Crippen LogP contribution in [0.15, 0.2) is 12.1 Å². The number of hydrogen-bond donors (Lipinski definition) is 0. The molecule has 0 atom stereocenters. The monoisotopic (exact) mass is 312 g/mol. The molecule has 118 valence electrons. The molecule has 1 rings (SSSR count). The zero-order valence-corrected chi connectivity index (χ0v) is 14.3. The second kappa shape index (κ2) is 7.76. The normalized spacial score (nSPS) is 11.5. The lowest BCUT2D eigenvalue weighted by Gasteiger charge is -2.23. The van der Waals surface area contributed by atoms with Gasteiger partial charge in [-0.25, -0.2) is 4.98 Å². The third-order valence-electron chi connectivity index (χ3n) is 3.19. The van der Waals surface area contributed by atoms with Gasteiger partial charge in [0.15, 0.2) is 0 Å². The Bertz CT molecular complexity index is 484. The van der Waals surface area contributed by atoms with Crippen LogP contribution in [0.2, 0.25) is 5.15 Å². The van der Waals surface area contributed by atoms with Gasteiger partial charge in [-0.15, -0.1) is 0 Å². The zero-order chi connectivity index (χ0) is 16.0. The lowest BCUT2D eigenvalue weighted by Crippen LogP contribution is -2.34. The molecule has 0 N–H and O–H groups in total. The van der Waals surface area contributed by atoms with Crippen molar-refractivity contribution >= 4 is 17.5 Å². The average molecular weight is 313 g/mol. The standard InChI is InChI=1S/C16H25ClN2O2/c1-6-19(8-9-21-7-2)15(20)12-10-13(16(3,4)5)18-14(17)11-12/h10-11H,6-9H2,1-5H3. The lowest BCUT2D eigenvalue weighted by molar-refractivity contribution is 0.0669. The number of pyridine rings is 1. The molecule has 1 amide bonds. The minimum Gasteiger partial charge on any atom is -0.380 e. The van der Waals surface area contributed by atoms with Crippen molar-refractivity contribution in [1.82, 2.24) is 9.88 Å². The molecular weight excluding hydrogens is 288 g/mol. The number of nitrogens with zero attached hydrogens (tertiary/aromatic N) is 2. The van der Waals surface area contributed by atoms with Crippen LogP contribution in [0.4, 0.5) is 0 Å². The first kappa shape index (κ1) is 17.9. The van der Waals surface area contributed by atoms with Crippen LogP contribution in [-0.4, -0.2) is 42.1 Å². The predicted octanol–water partition coefficient (Wildman–Crippen LogP) is 3.53. The summed E-state index contributed by atoms with van der Waals surface area (Å²) in [6.07, 6.45) is 0. The highest BCUT2D eigenvalue weighted by Crippen LogP contribution is 2.24. The molecule has 1 aromatic heterocycles. The Morgan fingerprint density at radius 1 is 1.33 bits per heavy atom. The molecule has 4 nitrogen and oxygen atoms in total. The minimum atomic E-state index is -0.150. The van der Waals surface area contributed by atoms with E-state index in [0.717, 1.165) is 5.69 Å². The molecular formula is C16H25ClN2O2. The largest absolute Gasteiger partial charge is 0.380 e. The van der Waals surface area contributed by atoms with Crippen molar-refractivity contribution in [3.63, 3.8) is 0 Å². The number of carbonyl (C=O) groups is 1. The second-order valence-corrected chi connectivity index (χ2v) is 6.28. The quantitative estimate of drug-likeness (QED) is 0.596. The van der Waals surface area contributed by atoms with Gasteiger partial charge in [0.05, 0.1) is 6.61 Å². The first-order valence-electron chi connectivity index (χ1n) is 7.34. The number of rotatable bonds is 6. The van der Waals surface area contributed by atoms with Crippen molar-refractivity contribution in [1.29, 1.82) is 0 Å². The number of ether oxygens (including phenoxy) is 1. The summed E-state index contributed by atoms with van der Waals surface area (Å²) >= 11 is 6.07. The first-order valence-corrected chi connectivity index (χ1v) is 7.72. The Kier molecular flexibility index (Phi) is 6.62. The number of amides is 1.